The molecule has 6 bridgehead atoms. The maximum Gasteiger partial charge on any atom is 0.216 e. The highest BCUT2D eigenvalue weighted by Gasteiger charge is 2.20. The van der Waals surface area contributed by atoms with Crippen LogP contribution in [-0.2, 0) is 0 Å². The topological polar surface area (TPSA) is 54.7 Å². The minimum Gasteiger partial charge on any atom is -0.476 e. The molecule has 1 saturated heterocycles. The molecule has 0 radical (unpaired) electrons. The first kappa shape index (κ1) is 15.6. The van der Waals surface area contributed by atoms with Crippen LogP contribution in [0.3, 0.4) is 0 Å². The van der Waals surface area contributed by atoms with E-state index < -0.39 is 0 Å². The number of aryl methyl sites for hydroxylation is 1. The van der Waals surface area contributed by atoms with Gasteiger partial charge in [0, 0.05) is 49.2 Å². The number of piperidine rings is 1. The number of rotatable bonds is 0. The van der Waals surface area contributed by atoms with Crippen molar-refractivity contribution in [3.8, 4) is 17.0 Å². The lowest BCUT2D eigenvalue weighted by molar-refractivity contribution is 0.175. The second kappa shape index (κ2) is 6.29. The third-order valence-electron chi connectivity index (χ3n) is 5.49. The minimum atomic E-state index is 0.527. The molecule has 6 heteroatoms. The summed E-state index contributed by atoms with van der Waals surface area (Å²) in [5.74, 6) is 0.663. The lowest BCUT2D eigenvalue weighted by Crippen LogP contribution is -2.40. The van der Waals surface area contributed by atoms with Crippen LogP contribution in [0.15, 0.2) is 36.7 Å². The van der Waals surface area contributed by atoms with E-state index in [0.29, 0.717) is 18.5 Å². The van der Waals surface area contributed by atoms with Crippen molar-refractivity contribution >= 4 is 11.3 Å². The molecule has 0 saturated carbocycles. The fourth-order valence-corrected chi connectivity index (χ4v) is 3.94. The molecule has 1 aromatic carbocycles. The monoisotopic (exact) mass is 349 g/mol. The van der Waals surface area contributed by atoms with E-state index in [2.05, 4.69) is 40.4 Å². The first-order chi connectivity index (χ1) is 12.8. The van der Waals surface area contributed by atoms with Crippen molar-refractivity contribution in [3.63, 3.8) is 0 Å². The number of nitrogens with one attached hydrogen (secondary N) is 1. The standard InChI is InChI=1S/C20H23N5O/c1-14-2-3-16-12-17(14)18-13-21-25-9-6-19(23-20(18)25)26-11-10-24-7-4-15(22-16)5-8-24/h2-3,6,9,12-13,15,22H,4-5,7-8,10-11H2,1H3. The molecule has 3 aliphatic heterocycles. The van der Waals surface area contributed by atoms with Crippen LogP contribution in [0.1, 0.15) is 18.4 Å². The average Bonchev–Trinajstić information content (AvgIpc) is 3.07. The quantitative estimate of drug-likeness (QED) is 0.676. The number of hydrogen-bond donors (Lipinski definition) is 1. The van der Waals surface area contributed by atoms with E-state index in [9.17, 15) is 0 Å². The predicted octanol–water partition coefficient (Wildman–Crippen LogP) is 2.97. The summed E-state index contributed by atoms with van der Waals surface area (Å²) in [4.78, 5) is 7.20. The largest absolute Gasteiger partial charge is 0.476 e. The van der Waals surface area contributed by atoms with E-state index >= 15 is 0 Å². The van der Waals surface area contributed by atoms with Crippen molar-refractivity contribution in [2.45, 2.75) is 25.8 Å². The number of fused-ring (bicyclic) bond motifs is 4. The van der Waals surface area contributed by atoms with Gasteiger partial charge in [0.05, 0.1) is 6.20 Å². The summed E-state index contributed by atoms with van der Waals surface area (Å²) in [6, 6.07) is 9.00. The van der Waals surface area contributed by atoms with Crippen molar-refractivity contribution in [2.24, 2.45) is 0 Å². The first-order valence-corrected chi connectivity index (χ1v) is 9.33. The molecule has 26 heavy (non-hydrogen) atoms. The summed E-state index contributed by atoms with van der Waals surface area (Å²) >= 11 is 0. The zero-order valence-corrected chi connectivity index (χ0v) is 15.0. The Morgan fingerprint density at radius 2 is 2.00 bits per heavy atom. The summed E-state index contributed by atoms with van der Waals surface area (Å²) in [6.07, 6.45) is 6.14. The number of benzene rings is 1. The molecule has 1 fully saturated rings. The molecule has 1 N–H and O–H groups in total. The number of anilines is 1. The maximum atomic E-state index is 5.94. The summed E-state index contributed by atoms with van der Waals surface area (Å²) in [6.45, 7) is 5.96. The van der Waals surface area contributed by atoms with Gasteiger partial charge < -0.3 is 10.1 Å². The summed E-state index contributed by atoms with van der Waals surface area (Å²) in [7, 11) is 0. The van der Waals surface area contributed by atoms with Crippen LogP contribution in [-0.4, -0.2) is 51.8 Å². The van der Waals surface area contributed by atoms with Crippen molar-refractivity contribution < 1.29 is 4.74 Å². The van der Waals surface area contributed by atoms with Gasteiger partial charge in [0.25, 0.3) is 0 Å². The summed E-state index contributed by atoms with van der Waals surface area (Å²) in [5, 5.41) is 8.20. The number of aromatic nitrogens is 3. The van der Waals surface area contributed by atoms with Crippen LogP contribution >= 0.6 is 0 Å². The molecule has 0 aliphatic carbocycles. The van der Waals surface area contributed by atoms with Crippen molar-refractivity contribution in [2.75, 3.05) is 31.6 Å². The fraction of sp³-hybridized carbons (Fsp3) is 0.400. The molecule has 6 nitrogen and oxygen atoms in total. The van der Waals surface area contributed by atoms with Crippen LogP contribution in [0.2, 0.25) is 0 Å². The van der Waals surface area contributed by atoms with Gasteiger partial charge in [0.2, 0.25) is 5.88 Å². The van der Waals surface area contributed by atoms with Gasteiger partial charge in [0.15, 0.2) is 5.65 Å². The van der Waals surface area contributed by atoms with Gasteiger partial charge in [-0.2, -0.15) is 10.1 Å². The SMILES string of the molecule is Cc1ccc2cc1-c1cnn3ccc(nc13)OCCN1CCC(CC1)N2. The highest BCUT2D eigenvalue weighted by atomic mass is 16.5. The van der Waals surface area contributed by atoms with Gasteiger partial charge in [-0.15, -0.1) is 0 Å². The Morgan fingerprint density at radius 1 is 1.12 bits per heavy atom. The molecule has 0 amide bonds. The van der Waals surface area contributed by atoms with Crippen molar-refractivity contribution in [1.82, 2.24) is 19.5 Å². The van der Waals surface area contributed by atoms with E-state index in [4.69, 9.17) is 9.72 Å². The van der Waals surface area contributed by atoms with Crippen LogP contribution < -0.4 is 10.1 Å². The van der Waals surface area contributed by atoms with E-state index in [1.165, 1.54) is 16.8 Å². The smallest absolute Gasteiger partial charge is 0.216 e. The van der Waals surface area contributed by atoms with Gasteiger partial charge in [-0.3, -0.25) is 4.90 Å². The Bertz CT molecular complexity index is 943. The molecule has 134 valence electrons. The molecule has 6 rings (SSSR count). The van der Waals surface area contributed by atoms with E-state index in [-0.39, 0.29) is 0 Å². The predicted molar refractivity (Wildman–Crippen MR) is 102 cm³/mol. The Hall–Kier alpha value is -2.60. The minimum absolute atomic E-state index is 0.527. The molecular formula is C20H23N5O. The average molecular weight is 349 g/mol. The van der Waals surface area contributed by atoms with Crippen molar-refractivity contribution in [3.05, 3.63) is 42.2 Å². The molecule has 3 aliphatic rings. The lowest BCUT2D eigenvalue weighted by Gasteiger charge is -2.32. The van der Waals surface area contributed by atoms with Crippen LogP contribution in [0.4, 0.5) is 5.69 Å². The Labute approximate surface area is 152 Å². The van der Waals surface area contributed by atoms with Gasteiger partial charge in [-0.1, -0.05) is 6.07 Å². The number of ether oxygens (including phenoxy) is 1. The summed E-state index contributed by atoms with van der Waals surface area (Å²) in [5.41, 5.74) is 5.44. The first-order valence-electron chi connectivity index (χ1n) is 9.33. The number of hydrogen-bond acceptors (Lipinski definition) is 5. The zero-order valence-electron chi connectivity index (χ0n) is 15.0. The van der Waals surface area contributed by atoms with Gasteiger partial charge in [0.1, 0.15) is 6.61 Å². The molecule has 0 atom stereocenters. The van der Waals surface area contributed by atoms with Gasteiger partial charge in [-0.05, 0) is 43.0 Å². The van der Waals surface area contributed by atoms with Gasteiger partial charge in [-0.25, -0.2) is 4.52 Å². The Morgan fingerprint density at radius 3 is 2.88 bits per heavy atom. The van der Waals surface area contributed by atoms with Crippen LogP contribution in [0.5, 0.6) is 5.88 Å². The molecule has 5 heterocycles. The zero-order chi connectivity index (χ0) is 17.5. The molecule has 0 unspecified atom stereocenters. The fourth-order valence-electron chi connectivity index (χ4n) is 3.94. The summed E-state index contributed by atoms with van der Waals surface area (Å²) < 4.78 is 7.75. The Balaban J connectivity index is 1.63. The van der Waals surface area contributed by atoms with Crippen LogP contribution in [0, 0.1) is 6.92 Å². The Kier molecular flexibility index (Phi) is 3.78. The van der Waals surface area contributed by atoms with E-state index in [1.807, 2.05) is 23.0 Å². The normalized spacial score (nSPS) is 22.5. The molecule has 0 spiro atoms. The second-order valence-electron chi connectivity index (χ2n) is 7.23. The second-order valence-corrected chi connectivity index (χ2v) is 7.23. The van der Waals surface area contributed by atoms with Crippen LogP contribution in [0.25, 0.3) is 16.8 Å². The van der Waals surface area contributed by atoms with Gasteiger partial charge >= 0.3 is 0 Å². The molecule has 3 aromatic rings. The highest BCUT2D eigenvalue weighted by molar-refractivity contribution is 5.81. The highest BCUT2D eigenvalue weighted by Crippen LogP contribution is 2.31. The number of nitrogens with zero attached hydrogens (tertiary/aromatic N) is 4. The lowest BCUT2D eigenvalue weighted by atomic mass is 10.0. The molecule has 2 aromatic heterocycles. The van der Waals surface area contributed by atoms with E-state index in [0.717, 1.165) is 43.7 Å². The third kappa shape index (κ3) is 2.80. The van der Waals surface area contributed by atoms with Crippen molar-refractivity contribution in [1.29, 1.82) is 0 Å². The maximum absolute atomic E-state index is 5.94. The third-order valence-corrected chi connectivity index (χ3v) is 5.49. The van der Waals surface area contributed by atoms with E-state index in [1.54, 1.807) is 0 Å². The molecular weight excluding hydrogens is 326 g/mol.